The molecule has 1 amide bonds. The largest absolute Gasteiger partial charge is 0.493 e. The molecule has 0 aliphatic carbocycles. The number of carbonyl (C=O) groups is 2. The van der Waals surface area contributed by atoms with Gasteiger partial charge in [-0.3, -0.25) is 14.5 Å². The number of carbonyl (C=O) groups excluding carboxylic acids is 1. The fourth-order valence-electron chi connectivity index (χ4n) is 2.48. The van der Waals surface area contributed by atoms with Gasteiger partial charge in [-0.2, -0.15) is 0 Å². The van der Waals surface area contributed by atoms with Crippen LogP contribution in [0.15, 0.2) is 27.6 Å². The second-order valence-electron chi connectivity index (χ2n) is 5.65. The molecule has 5 nitrogen and oxygen atoms in total. The van der Waals surface area contributed by atoms with Gasteiger partial charge >= 0.3 is 5.97 Å². The van der Waals surface area contributed by atoms with Crippen molar-refractivity contribution in [3.63, 3.8) is 0 Å². The number of carboxylic acids is 1. The summed E-state index contributed by atoms with van der Waals surface area (Å²) in [5.41, 5.74) is 0.822. The molecule has 140 valence electrons. The van der Waals surface area contributed by atoms with Crippen LogP contribution >= 0.6 is 39.9 Å². The number of hydrogen-bond donors (Lipinski definition) is 1. The Hall–Kier alpha value is -1.38. The minimum absolute atomic E-state index is 0.111. The van der Waals surface area contributed by atoms with Crippen LogP contribution in [0.3, 0.4) is 0 Å². The van der Waals surface area contributed by atoms with Crippen LogP contribution in [0.25, 0.3) is 6.08 Å². The van der Waals surface area contributed by atoms with Crippen LogP contribution in [-0.2, 0) is 9.59 Å². The normalized spacial score (nSPS) is 15.8. The Bertz CT molecular complexity index is 736. The van der Waals surface area contributed by atoms with Gasteiger partial charge in [0.2, 0.25) is 0 Å². The molecular formula is C18H20BrNO4S2. The van der Waals surface area contributed by atoms with Crippen molar-refractivity contribution in [1.29, 1.82) is 0 Å². The molecular weight excluding hydrogens is 438 g/mol. The topological polar surface area (TPSA) is 66.8 Å². The van der Waals surface area contributed by atoms with Crippen molar-refractivity contribution in [2.75, 3.05) is 13.2 Å². The van der Waals surface area contributed by atoms with Crippen molar-refractivity contribution in [2.45, 2.75) is 32.6 Å². The van der Waals surface area contributed by atoms with E-state index < -0.39 is 5.97 Å². The van der Waals surface area contributed by atoms with Crippen molar-refractivity contribution in [2.24, 2.45) is 0 Å². The number of nitrogens with zero attached hydrogens (tertiary/aromatic N) is 1. The van der Waals surface area contributed by atoms with Crippen LogP contribution in [0, 0.1) is 0 Å². The average molecular weight is 458 g/mol. The first-order valence-corrected chi connectivity index (χ1v) is 10.3. The number of benzene rings is 1. The van der Waals surface area contributed by atoms with E-state index in [1.165, 1.54) is 11.8 Å². The molecule has 1 aromatic rings. The lowest BCUT2D eigenvalue weighted by Crippen LogP contribution is -2.29. The van der Waals surface area contributed by atoms with Crippen LogP contribution in [0.5, 0.6) is 5.75 Å². The molecule has 0 spiro atoms. The molecule has 0 aromatic heterocycles. The first-order chi connectivity index (χ1) is 12.4. The molecule has 0 unspecified atom stereocenters. The van der Waals surface area contributed by atoms with Gasteiger partial charge in [0.1, 0.15) is 10.1 Å². The SMILES string of the molecule is CCOc1ccc(Br)cc1/C=C1/SC(=S)N(CCCCCC(=O)O)C1=O. The maximum Gasteiger partial charge on any atom is 0.303 e. The Morgan fingerprint density at radius 1 is 1.38 bits per heavy atom. The van der Waals surface area contributed by atoms with Crippen LogP contribution in [0.4, 0.5) is 0 Å². The number of halogens is 1. The fraction of sp³-hybridized carbons (Fsp3) is 0.389. The van der Waals surface area contributed by atoms with Crippen molar-refractivity contribution < 1.29 is 19.4 Å². The van der Waals surface area contributed by atoms with Gasteiger partial charge in [0.15, 0.2) is 0 Å². The van der Waals surface area contributed by atoms with Gasteiger partial charge in [0.25, 0.3) is 5.91 Å². The number of rotatable bonds is 9. The number of hydrogen-bond acceptors (Lipinski definition) is 5. The molecule has 0 bridgehead atoms. The molecule has 1 aliphatic rings. The standard InChI is InChI=1S/C18H20BrNO4S2/c1-2-24-14-8-7-13(19)10-12(14)11-15-17(23)20(18(25)26-15)9-5-3-4-6-16(21)22/h7-8,10-11H,2-6,9H2,1H3,(H,21,22)/b15-11+. The van der Waals surface area contributed by atoms with Gasteiger partial charge < -0.3 is 9.84 Å². The van der Waals surface area contributed by atoms with Gasteiger partial charge in [-0.1, -0.05) is 46.3 Å². The van der Waals surface area contributed by atoms with E-state index in [1.54, 1.807) is 11.0 Å². The third-order valence-corrected chi connectivity index (χ3v) is 5.58. The van der Waals surface area contributed by atoms with Gasteiger partial charge in [0, 0.05) is 23.0 Å². The van der Waals surface area contributed by atoms with Crippen molar-refractivity contribution >= 4 is 62.2 Å². The molecule has 0 saturated carbocycles. The molecule has 26 heavy (non-hydrogen) atoms. The van der Waals surface area contributed by atoms with Gasteiger partial charge in [-0.15, -0.1) is 0 Å². The van der Waals surface area contributed by atoms with E-state index in [0.717, 1.165) is 28.6 Å². The zero-order chi connectivity index (χ0) is 19.1. The third-order valence-electron chi connectivity index (χ3n) is 3.70. The molecule has 1 saturated heterocycles. The Morgan fingerprint density at radius 3 is 2.85 bits per heavy atom. The summed E-state index contributed by atoms with van der Waals surface area (Å²) < 4.78 is 7.06. The monoisotopic (exact) mass is 457 g/mol. The number of carboxylic acid groups (broad SMARTS) is 1. The molecule has 8 heteroatoms. The first-order valence-electron chi connectivity index (χ1n) is 8.32. The summed E-state index contributed by atoms with van der Waals surface area (Å²) in [5, 5.41) is 8.65. The van der Waals surface area contributed by atoms with Gasteiger partial charge in [0.05, 0.1) is 11.5 Å². The number of thioether (sulfide) groups is 1. The Balaban J connectivity index is 2.05. The molecule has 0 radical (unpaired) electrons. The molecule has 1 aliphatic heterocycles. The molecule has 0 atom stereocenters. The molecule has 1 aromatic carbocycles. The quantitative estimate of drug-likeness (QED) is 0.329. The second-order valence-corrected chi connectivity index (χ2v) is 8.24. The number of unbranched alkanes of at least 4 members (excludes halogenated alkanes) is 2. The van der Waals surface area contributed by atoms with Crippen LogP contribution in [-0.4, -0.2) is 39.4 Å². The summed E-state index contributed by atoms with van der Waals surface area (Å²) in [6.45, 7) is 2.97. The van der Waals surface area contributed by atoms with Crippen LogP contribution in [0.1, 0.15) is 38.2 Å². The predicted molar refractivity (Wildman–Crippen MR) is 111 cm³/mol. The van der Waals surface area contributed by atoms with E-state index in [1.807, 2.05) is 25.1 Å². The number of amides is 1. The van der Waals surface area contributed by atoms with Crippen LogP contribution < -0.4 is 4.74 Å². The summed E-state index contributed by atoms with van der Waals surface area (Å²) >= 11 is 10.1. The van der Waals surface area contributed by atoms with E-state index in [-0.39, 0.29) is 12.3 Å². The highest BCUT2D eigenvalue weighted by Gasteiger charge is 2.31. The highest BCUT2D eigenvalue weighted by molar-refractivity contribution is 9.10. The average Bonchev–Trinajstić information content (AvgIpc) is 2.84. The maximum absolute atomic E-state index is 12.6. The van der Waals surface area contributed by atoms with Crippen molar-refractivity contribution in [1.82, 2.24) is 4.90 Å². The molecule has 1 heterocycles. The van der Waals surface area contributed by atoms with E-state index in [0.29, 0.717) is 28.8 Å². The number of aliphatic carboxylic acids is 1. The lowest BCUT2D eigenvalue weighted by atomic mass is 10.1. The highest BCUT2D eigenvalue weighted by atomic mass is 79.9. The smallest absolute Gasteiger partial charge is 0.303 e. The van der Waals surface area contributed by atoms with Crippen LogP contribution in [0.2, 0.25) is 0 Å². The molecule has 1 N–H and O–H groups in total. The zero-order valence-electron chi connectivity index (χ0n) is 14.4. The van der Waals surface area contributed by atoms with E-state index in [9.17, 15) is 9.59 Å². The lowest BCUT2D eigenvalue weighted by Gasteiger charge is -2.13. The second kappa shape index (κ2) is 10.1. The summed E-state index contributed by atoms with van der Waals surface area (Å²) in [7, 11) is 0. The van der Waals surface area contributed by atoms with Crippen molar-refractivity contribution in [3.8, 4) is 5.75 Å². The Labute approximate surface area is 170 Å². The van der Waals surface area contributed by atoms with E-state index >= 15 is 0 Å². The lowest BCUT2D eigenvalue weighted by molar-refractivity contribution is -0.137. The van der Waals surface area contributed by atoms with Gasteiger partial charge in [-0.05, 0) is 44.0 Å². The number of ether oxygens (including phenoxy) is 1. The Kier molecular flexibility index (Phi) is 8.12. The summed E-state index contributed by atoms with van der Waals surface area (Å²) in [4.78, 5) is 25.3. The zero-order valence-corrected chi connectivity index (χ0v) is 17.6. The fourth-order valence-corrected chi connectivity index (χ4v) is 4.15. The minimum Gasteiger partial charge on any atom is -0.493 e. The predicted octanol–water partition coefficient (Wildman–Crippen LogP) is 4.69. The first kappa shape index (κ1) is 20.9. The van der Waals surface area contributed by atoms with E-state index in [4.69, 9.17) is 22.1 Å². The minimum atomic E-state index is -0.794. The summed E-state index contributed by atoms with van der Waals surface area (Å²) in [6, 6.07) is 5.66. The molecule has 1 fully saturated rings. The summed E-state index contributed by atoms with van der Waals surface area (Å²) in [5.74, 6) is -0.187. The highest BCUT2D eigenvalue weighted by Crippen LogP contribution is 2.35. The third kappa shape index (κ3) is 5.82. The van der Waals surface area contributed by atoms with Crippen molar-refractivity contribution in [3.05, 3.63) is 33.1 Å². The maximum atomic E-state index is 12.6. The summed E-state index contributed by atoms with van der Waals surface area (Å²) in [6.07, 6.45) is 4.05. The molecule has 2 rings (SSSR count). The van der Waals surface area contributed by atoms with Gasteiger partial charge in [-0.25, -0.2) is 0 Å². The van der Waals surface area contributed by atoms with E-state index in [2.05, 4.69) is 15.9 Å². The number of thiocarbonyl (C=S) groups is 1. The Morgan fingerprint density at radius 2 is 2.15 bits per heavy atom.